The number of rotatable bonds is 2. The molecule has 1 rings (SSSR count). The largest absolute Gasteiger partial charge is 0.300 e. The normalized spacial score (nSPS) is 10.8. The average Bonchev–Trinajstić information content (AvgIpc) is 2.18. The molecule has 2 nitrogen and oxygen atoms in total. The summed E-state index contributed by atoms with van der Waals surface area (Å²) in [6.45, 7) is 1.62. The third kappa shape index (κ3) is 2.53. The minimum atomic E-state index is -0.331. The molecule has 1 aromatic carbocycles. The molecule has 0 atom stereocenters. The monoisotopic (exact) mass is 188 g/mol. The van der Waals surface area contributed by atoms with Crippen molar-refractivity contribution < 1.29 is 4.39 Å². The van der Waals surface area contributed by atoms with Crippen LogP contribution in [0.5, 0.6) is 0 Å². The smallest absolute Gasteiger partial charge is 0.123 e. The molecule has 14 heavy (non-hydrogen) atoms. The van der Waals surface area contributed by atoms with E-state index in [2.05, 4.69) is 0 Å². The Hall–Kier alpha value is -1.95. The summed E-state index contributed by atoms with van der Waals surface area (Å²) < 4.78 is 12.5. The van der Waals surface area contributed by atoms with Gasteiger partial charge in [-0.1, -0.05) is 0 Å². The Morgan fingerprint density at radius 3 is 2.50 bits per heavy atom. The van der Waals surface area contributed by atoms with Gasteiger partial charge in [0.15, 0.2) is 0 Å². The van der Waals surface area contributed by atoms with E-state index in [1.165, 1.54) is 30.3 Å². The Morgan fingerprint density at radius 2 is 2.00 bits per heavy atom. The Balaban J connectivity index is 2.92. The highest BCUT2D eigenvalue weighted by Gasteiger charge is 1.98. The van der Waals surface area contributed by atoms with Gasteiger partial charge in [-0.2, -0.15) is 5.26 Å². The van der Waals surface area contributed by atoms with Crippen LogP contribution in [0.1, 0.15) is 12.5 Å². The summed E-state index contributed by atoms with van der Waals surface area (Å²) in [7, 11) is 0. The molecule has 3 heteroatoms. The predicted molar refractivity (Wildman–Crippen MR) is 52.6 cm³/mol. The van der Waals surface area contributed by atoms with Gasteiger partial charge in [0, 0.05) is 5.57 Å². The zero-order valence-electron chi connectivity index (χ0n) is 7.71. The average molecular weight is 188 g/mol. The summed E-state index contributed by atoms with van der Waals surface area (Å²) >= 11 is 0. The first-order valence-electron chi connectivity index (χ1n) is 4.06. The van der Waals surface area contributed by atoms with Crippen molar-refractivity contribution in [3.8, 4) is 6.07 Å². The summed E-state index contributed by atoms with van der Waals surface area (Å²) in [5.41, 5.74) is 1.27. The molecule has 0 radical (unpaired) electrons. The van der Waals surface area contributed by atoms with Crippen molar-refractivity contribution in [2.75, 3.05) is 0 Å². The van der Waals surface area contributed by atoms with E-state index < -0.39 is 0 Å². The summed E-state index contributed by atoms with van der Waals surface area (Å²) in [5.74, 6) is -0.331. The molecule has 0 fully saturated rings. The molecule has 0 unspecified atom stereocenters. The lowest BCUT2D eigenvalue weighted by atomic mass is 10.1. The van der Waals surface area contributed by atoms with Gasteiger partial charge >= 0.3 is 0 Å². The highest BCUT2D eigenvalue weighted by Crippen LogP contribution is 2.05. The second-order valence-electron chi connectivity index (χ2n) is 2.86. The van der Waals surface area contributed by atoms with Crippen molar-refractivity contribution in [1.29, 1.82) is 10.7 Å². The minimum absolute atomic E-state index is 0.212. The second kappa shape index (κ2) is 4.33. The maximum absolute atomic E-state index is 12.5. The molecular formula is C11H9FN2. The first kappa shape index (κ1) is 10.1. The zero-order chi connectivity index (χ0) is 10.6. The number of nitrogens with zero attached hydrogens (tertiary/aromatic N) is 1. The van der Waals surface area contributed by atoms with E-state index in [4.69, 9.17) is 10.7 Å². The molecule has 0 bridgehead atoms. The van der Waals surface area contributed by atoms with Crippen molar-refractivity contribution >= 4 is 5.71 Å². The lowest BCUT2D eigenvalue weighted by Crippen LogP contribution is -1.95. The lowest BCUT2D eigenvalue weighted by molar-refractivity contribution is 0.628. The third-order valence-electron chi connectivity index (χ3n) is 1.69. The minimum Gasteiger partial charge on any atom is -0.300 e. The maximum atomic E-state index is 12.5. The van der Waals surface area contributed by atoms with Crippen LogP contribution in [-0.2, 0) is 0 Å². The number of allylic oxidation sites excluding steroid dienone is 2. The van der Waals surface area contributed by atoms with Crippen molar-refractivity contribution in [3.05, 3.63) is 47.3 Å². The summed E-state index contributed by atoms with van der Waals surface area (Å²) in [6.07, 6.45) is 1.45. The first-order valence-corrected chi connectivity index (χ1v) is 4.06. The fraction of sp³-hybridized carbons (Fsp3) is 0.0909. The van der Waals surface area contributed by atoms with Gasteiger partial charge in [-0.15, -0.1) is 0 Å². The Morgan fingerprint density at radius 1 is 1.43 bits per heavy atom. The number of benzene rings is 1. The Kier molecular flexibility index (Phi) is 3.14. The van der Waals surface area contributed by atoms with Gasteiger partial charge in [0.25, 0.3) is 0 Å². The van der Waals surface area contributed by atoms with E-state index in [0.717, 1.165) is 0 Å². The molecule has 1 N–H and O–H groups in total. The second-order valence-corrected chi connectivity index (χ2v) is 2.86. The molecular weight excluding hydrogens is 179 g/mol. The third-order valence-corrected chi connectivity index (χ3v) is 1.69. The van der Waals surface area contributed by atoms with E-state index in [-0.39, 0.29) is 11.5 Å². The van der Waals surface area contributed by atoms with Crippen molar-refractivity contribution in [2.24, 2.45) is 0 Å². The number of nitrogens with one attached hydrogen (secondary N) is 1. The SMILES string of the molecule is C/C(C#N)=C\C(=N)c1ccc(F)cc1. The first-order chi connectivity index (χ1) is 6.63. The quantitative estimate of drug-likeness (QED) is 0.563. The van der Waals surface area contributed by atoms with E-state index in [1.54, 1.807) is 6.92 Å². The summed E-state index contributed by atoms with van der Waals surface area (Å²) in [5, 5.41) is 16.1. The van der Waals surface area contributed by atoms with Gasteiger partial charge in [-0.3, -0.25) is 0 Å². The van der Waals surface area contributed by atoms with Crippen molar-refractivity contribution in [1.82, 2.24) is 0 Å². The molecule has 0 aliphatic heterocycles. The van der Waals surface area contributed by atoms with Gasteiger partial charge < -0.3 is 5.41 Å². The Labute approximate surface area is 81.8 Å². The summed E-state index contributed by atoms with van der Waals surface area (Å²) in [4.78, 5) is 0. The molecule has 0 spiro atoms. The molecule has 0 aromatic heterocycles. The molecule has 0 saturated carbocycles. The fourth-order valence-corrected chi connectivity index (χ4v) is 0.962. The van der Waals surface area contributed by atoms with Gasteiger partial charge in [0.05, 0.1) is 11.8 Å². The molecule has 70 valence electrons. The number of hydrogen-bond acceptors (Lipinski definition) is 2. The number of hydrogen-bond donors (Lipinski definition) is 1. The summed E-state index contributed by atoms with van der Waals surface area (Å²) in [6, 6.07) is 7.53. The van der Waals surface area contributed by atoms with E-state index in [9.17, 15) is 4.39 Å². The predicted octanol–water partition coefficient (Wildman–Crippen LogP) is 2.66. The Bertz CT molecular complexity index is 410. The van der Waals surface area contributed by atoms with Crippen LogP contribution in [0.25, 0.3) is 0 Å². The van der Waals surface area contributed by atoms with Gasteiger partial charge in [-0.25, -0.2) is 4.39 Å². The molecule has 0 amide bonds. The maximum Gasteiger partial charge on any atom is 0.123 e. The fourth-order valence-electron chi connectivity index (χ4n) is 0.962. The zero-order valence-corrected chi connectivity index (χ0v) is 7.71. The van der Waals surface area contributed by atoms with Crippen LogP contribution >= 0.6 is 0 Å². The van der Waals surface area contributed by atoms with Crippen molar-refractivity contribution in [2.45, 2.75) is 6.92 Å². The lowest BCUT2D eigenvalue weighted by Gasteiger charge is -1.98. The van der Waals surface area contributed by atoms with Gasteiger partial charge in [0.1, 0.15) is 5.82 Å². The molecule has 1 aromatic rings. The van der Waals surface area contributed by atoms with Crippen LogP contribution in [0.4, 0.5) is 4.39 Å². The van der Waals surface area contributed by atoms with E-state index in [1.807, 2.05) is 6.07 Å². The number of nitriles is 1. The molecule has 0 saturated heterocycles. The highest BCUT2D eigenvalue weighted by atomic mass is 19.1. The standard InChI is InChI=1S/C11H9FN2/c1-8(7-13)6-11(14)9-2-4-10(12)5-3-9/h2-6,14H,1H3/b8-6+,14-11?. The van der Waals surface area contributed by atoms with Crippen LogP contribution in [0.2, 0.25) is 0 Å². The van der Waals surface area contributed by atoms with Crippen LogP contribution in [0, 0.1) is 22.6 Å². The molecule has 0 aliphatic rings. The molecule has 0 heterocycles. The van der Waals surface area contributed by atoms with E-state index >= 15 is 0 Å². The van der Waals surface area contributed by atoms with Gasteiger partial charge in [-0.05, 0) is 42.8 Å². The topological polar surface area (TPSA) is 47.6 Å². The van der Waals surface area contributed by atoms with Crippen LogP contribution in [0.3, 0.4) is 0 Å². The van der Waals surface area contributed by atoms with Crippen LogP contribution < -0.4 is 0 Å². The van der Waals surface area contributed by atoms with Gasteiger partial charge in [0.2, 0.25) is 0 Å². The van der Waals surface area contributed by atoms with Crippen LogP contribution in [-0.4, -0.2) is 5.71 Å². The van der Waals surface area contributed by atoms with E-state index in [0.29, 0.717) is 11.1 Å². The molecule has 0 aliphatic carbocycles. The highest BCUT2D eigenvalue weighted by molar-refractivity contribution is 6.07. The van der Waals surface area contributed by atoms with Crippen LogP contribution in [0.15, 0.2) is 35.9 Å². The van der Waals surface area contributed by atoms with Crippen molar-refractivity contribution in [3.63, 3.8) is 0 Å². The number of halogens is 1.